The zero-order valence-electron chi connectivity index (χ0n) is 25.8. The number of halogens is 2. The number of aryl methyl sites for hydroxylation is 5. The van der Waals surface area contributed by atoms with Crippen LogP contribution < -0.4 is 24.8 Å². The molecule has 0 saturated heterocycles. The fourth-order valence-corrected chi connectivity index (χ4v) is 15.5. The molecule has 214 valence electrons. The Hall–Kier alpha value is -1.53. The number of benzene rings is 3. The number of fused-ring (bicyclic) bond motifs is 3. The summed E-state index contributed by atoms with van der Waals surface area (Å²) >= 11 is -2.43. The Bertz CT molecular complexity index is 1490. The third-order valence-corrected chi connectivity index (χ3v) is 17.9. The van der Waals surface area contributed by atoms with E-state index in [-0.39, 0.29) is 24.8 Å². The van der Waals surface area contributed by atoms with Gasteiger partial charge in [-0.05, 0) is 0 Å². The minimum atomic E-state index is -2.43. The fourth-order valence-electron chi connectivity index (χ4n) is 7.35. The molecule has 0 bridgehead atoms. The van der Waals surface area contributed by atoms with Crippen molar-refractivity contribution in [1.82, 2.24) is 0 Å². The first-order chi connectivity index (χ1) is 18.6. The van der Waals surface area contributed by atoms with Crippen LogP contribution in [0.25, 0.3) is 11.1 Å². The summed E-state index contributed by atoms with van der Waals surface area (Å²) < 4.78 is 5.11. The number of rotatable bonds is 4. The van der Waals surface area contributed by atoms with Crippen LogP contribution in [-0.4, -0.2) is 3.71 Å². The summed E-state index contributed by atoms with van der Waals surface area (Å²) in [7, 11) is 0. The molecule has 0 heterocycles. The van der Waals surface area contributed by atoms with E-state index in [0.717, 1.165) is 0 Å². The summed E-state index contributed by atoms with van der Waals surface area (Å²) in [4.78, 5) is 0. The monoisotopic (exact) mass is 660 g/mol. The van der Waals surface area contributed by atoms with Gasteiger partial charge in [0.05, 0.1) is 0 Å². The quantitative estimate of drug-likeness (QED) is 0.393. The molecule has 1 unspecified atom stereocenters. The van der Waals surface area contributed by atoms with Gasteiger partial charge < -0.3 is 24.8 Å². The largest absolute Gasteiger partial charge is 1.00 e. The molecule has 0 nitrogen and oxygen atoms in total. The standard InChI is InChI=1S/C17H17.C13H19.C8H8.2ClH.Zr/c1-10-5-14-9-15-6-11(2)13(4)8-17(15)16(14)7-12(10)3;1-11-6-7-12(10-11)13(2)8-4-3-5-9-13;1-7-3-5-8(2)6-4-7;;;/h5-9H,1-4H3;7,10-11H,3-5,8-9H2,1-2H3;1,3-6H,2H3;2*1H;/q;;;;;+2/p-2. The number of hydrogen-bond acceptors (Lipinski definition) is 0. The van der Waals surface area contributed by atoms with Crippen molar-refractivity contribution in [2.75, 3.05) is 0 Å². The Labute approximate surface area is 268 Å². The van der Waals surface area contributed by atoms with Gasteiger partial charge in [0.2, 0.25) is 0 Å². The van der Waals surface area contributed by atoms with Crippen LogP contribution in [0.5, 0.6) is 0 Å². The number of allylic oxidation sites excluding steroid dienone is 4. The van der Waals surface area contributed by atoms with Crippen LogP contribution in [0.2, 0.25) is 0 Å². The summed E-state index contributed by atoms with van der Waals surface area (Å²) in [5, 5.41) is 0. The maximum atomic E-state index is 2.79. The van der Waals surface area contributed by atoms with Crippen molar-refractivity contribution >= 4 is 3.71 Å². The molecule has 1 saturated carbocycles. The first-order valence-electron chi connectivity index (χ1n) is 15.1. The van der Waals surface area contributed by atoms with Crippen molar-refractivity contribution in [3.05, 3.63) is 114 Å². The second kappa shape index (κ2) is 12.6. The number of hydrogen-bond donors (Lipinski definition) is 0. The summed E-state index contributed by atoms with van der Waals surface area (Å²) in [6.45, 7) is 16.4. The van der Waals surface area contributed by atoms with Gasteiger partial charge in [-0.25, -0.2) is 0 Å². The molecule has 0 N–H and O–H groups in total. The summed E-state index contributed by atoms with van der Waals surface area (Å²) in [6.07, 6.45) is 12.3. The van der Waals surface area contributed by atoms with Crippen LogP contribution in [0.3, 0.4) is 0 Å². The minimum absolute atomic E-state index is 0. The third kappa shape index (κ3) is 5.99. The zero-order valence-corrected chi connectivity index (χ0v) is 29.8. The van der Waals surface area contributed by atoms with E-state index in [4.69, 9.17) is 0 Å². The predicted octanol–water partition coefficient (Wildman–Crippen LogP) is 4.21. The minimum Gasteiger partial charge on any atom is -1.00 e. The summed E-state index contributed by atoms with van der Waals surface area (Å²) in [5.74, 6) is 0.542. The Kier molecular flexibility index (Phi) is 9.96. The van der Waals surface area contributed by atoms with Gasteiger partial charge in [-0.2, -0.15) is 0 Å². The van der Waals surface area contributed by atoms with Crippen molar-refractivity contribution in [3.8, 4) is 11.1 Å². The smallest absolute Gasteiger partial charge is 1.00 e. The van der Waals surface area contributed by atoms with Crippen molar-refractivity contribution < 1.29 is 46.1 Å². The average molecular weight is 663 g/mol. The van der Waals surface area contributed by atoms with Gasteiger partial charge in [0.25, 0.3) is 0 Å². The van der Waals surface area contributed by atoms with Crippen LogP contribution in [0.15, 0.2) is 69.5 Å². The molecule has 3 heteroatoms. The molecule has 3 aliphatic carbocycles. The zero-order chi connectivity index (χ0) is 27.5. The molecule has 3 aromatic carbocycles. The van der Waals surface area contributed by atoms with Crippen molar-refractivity contribution in [2.45, 2.75) is 84.2 Å². The van der Waals surface area contributed by atoms with Crippen LogP contribution in [0.1, 0.15) is 94.1 Å². The van der Waals surface area contributed by atoms with E-state index in [9.17, 15) is 0 Å². The maximum Gasteiger partial charge on any atom is -1.00 e. The van der Waals surface area contributed by atoms with E-state index in [2.05, 4.69) is 113 Å². The van der Waals surface area contributed by atoms with E-state index in [1.807, 2.05) is 0 Å². The van der Waals surface area contributed by atoms with Gasteiger partial charge in [0.15, 0.2) is 0 Å². The van der Waals surface area contributed by atoms with Crippen molar-refractivity contribution in [1.29, 1.82) is 0 Å². The average Bonchev–Trinajstić information content (AvgIpc) is 3.43. The molecule has 0 aromatic heterocycles. The van der Waals surface area contributed by atoms with Gasteiger partial charge >= 0.3 is 246 Å². The SMILES string of the molecule is Cc1ccc(/[CH]=[Zr+2](\[C]2=CC(C3(C)CCCCC3)=CC2C)[CH]2c3cc(C)c(C)cc3-c3cc(C)c(C)cc32)cc1.[Cl-].[Cl-]. The molecule has 0 radical (unpaired) electrons. The van der Waals surface area contributed by atoms with Gasteiger partial charge in [0, 0.05) is 0 Å². The Morgan fingerprint density at radius 1 is 0.732 bits per heavy atom. The predicted molar refractivity (Wildman–Crippen MR) is 166 cm³/mol. The van der Waals surface area contributed by atoms with E-state index in [1.165, 1.54) is 76.6 Å². The molecular formula is C38H44Cl2Zr. The summed E-state index contributed by atoms with van der Waals surface area (Å²) in [6, 6.07) is 19.4. The maximum absolute atomic E-state index is 2.79. The topological polar surface area (TPSA) is 0 Å². The molecule has 6 rings (SSSR count). The fraction of sp³-hybridized carbons (Fsp3) is 0.395. The molecule has 1 atom stereocenters. The van der Waals surface area contributed by atoms with Crippen LogP contribution in [0.4, 0.5) is 0 Å². The normalized spacial score (nSPS) is 19.0. The van der Waals surface area contributed by atoms with E-state index >= 15 is 0 Å². The van der Waals surface area contributed by atoms with Gasteiger partial charge in [-0.1, -0.05) is 0 Å². The van der Waals surface area contributed by atoms with Gasteiger partial charge in [0.1, 0.15) is 0 Å². The van der Waals surface area contributed by atoms with Crippen LogP contribution >= 0.6 is 0 Å². The second-order valence-electron chi connectivity index (χ2n) is 13.1. The van der Waals surface area contributed by atoms with Gasteiger partial charge in [-0.3, -0.25) is 0 Å². The molecular weight excluding hydrogens is 619 g/mol. The molecule has 0 spiro atoms. The molecule has 0 aliphatic heterocycles. The second-order valence-corrected chi connectivity index (χ2v) is 18.9. The van der Waals surface area contributed by atoms with Crippen LogP contribution in [-0.2, 0) is 21.3 Å². The Balaban J connectivity index is 0.00000194. The molecule has 0 amide bonds. The molecule has 41 heavy (non-hydrogen) atoms. The molecule has 3 aliphatic rings. The van der Waals surface area contributed by atoms with Crippen molar-refractivity contribution in [2.24, 2.45) is 11.3 Å². The molecule has 3 aromatic rings. The van der Waals surface area contributed by atoms with Crippen LogP contribution in [0, 0.1) is 46.0 Å². The van der Waals surface area contributed by atoms with E-state index < -0.39 is 21.3 Å². The Morgan fingerprint density at radius 3 is 1.78 bits per heavy atom. The van der Waals surface area contributed by atoms with E-state index in [0.29, 0.717) is 15.0 Å². The summed E-state index contributed by atoms with van der Waals surface area (Å²) in [5.41, 5.74) is 16.6. The third-order valence-electron chi connectivity index (χ3n) is 10.2. The first-order valence-corrected chi connectivity index (χ1v) is 19.2. The first kappa shape index (κ1) is 32.4. The Morgan fingerprint density at radius 2 is 1.24 bits per heavy atom. The van der Waals surface area contributed by atoms with E-state index in [1.54, 1.807) is 20.0 Å². The molecule has 1 fully saturated rings. The van der Waals surface area contributed by atoms with Gasteiger partial charge in [-0.15, -0.1) is 0 Å². The van der Waals surface area contributed by atoms with Crippen molar-refractivity contribution in [3.63, 3.8) is 0 Å².